The molecule has 0 atom stereocenters. The molecule has 2 rings (SSSR count). The van der Waals surface area contributed by atoms with Crippen LogP contribution in [0.4, 0.5) is 5.95 Å². The third kappa shape index (κ3) is 2.56. The topological polar surface area (TPSA) is 42.7 Å². The lowest BCUT2D eigenvalue weighted by atomic mass is 10.4. The van der Waals surface area contributed by atoms with Gasteiger partial charge in [-0.05, 0) is 13.8 Å². The molecule has 80 valence electrons. The van der Waals surface area contributed by atoms with Gasteiger partial charge < -0.3 is 9.88 Å². The van der Waals surface area contributed by atoms with Gasteiger partial charge in [0.1, 0.15) is 0 Å². The van der Waals surface area contributed by atoms with Crippen LogP contribution in [0.1, 0.15) is 19.5 Å². The van der Waals surface area contributed by atoms with Gasteiger partial charge in [0, 0.05) is 23.8 Å². The molecule has 15 heavy (non-hydrogen) atoms. The zero-order valence-electron chi connectivity index (χ0n) is 8.84. The highest BCUT2D eigenvalue weighted by molar-refractivity contribution is 7.07. The molecule has 0 saturated carbocycles. The molecule has 0 amide bonds. The average Bonchev–Trinajstić information content (AvgIpc) is 2.78. The maximum atomic E-state index is 4.26. The van der Waals surface area contributed by atoms with Crippen LogP contribution in [-0.4, -0.2) is 20.6 Å². The van der Waals surface area contributed by atoms with Gasteiger partial charge in [-0.15, -0.1) is 11.3 Å². The minimum atomic E-state index is 0.390. The number of aromatic nitrogens is 3. The Bertz CT molecular complexity index is 405. The van der Waals surface area contributed by atoms with E-state index in [1.807, 2.05) is 11.7 Å². The van der Waals surface area contributed by atoms with Crippen molar-refractivity contribution in [2.24, 2.45) is 0 Å². The first-order chi connectivity index (χ1) is 7.25. The van der Waals surface area contributed by atoms with Gasteiger partial charge in [-0.3, -0.25) is 0 Å². The van der Waals surface area contributed by atoms with Crippen molar-refractivity contribution in [1.29, 1.82) is 0 Å². The number of nitrogens with zero attached hydrogens (tertiary/aromatic N) is 3. The van der Waals surface area contributed by atoms with Crippen LogP contribution in [-0.2, 0) is 6.54 Å². The second-order valence-corrected chi connectivity index (χ2v) is 4.38. The van der Waals surface area contributed by atoms with E-state index < -0.39 is 0 Å². The summed E-state index contributed by atoms with van der Waals surface area (Å²) in [6, 6.07) is 0.390. The van der Waals surface area contributed by atoms with Crippen molar-refractivity contribution in [3.05, 3.63) is 29.0 Å². The minimum absolute atomic E-state index is 0.390. The summed E-state index contributed by atoms with van der Waals surface area (Å²) >= 11 is 1.62. The molecule has 0 saturated heterocycles. The standard InChI is InChI=1S/C10H14N4S/c1-8(2)13-10-11-3-4-14(10)5-9-6-15-7-12-9/h3-4,6-8H,5H2,1-2H3,(H,11,13). The molecule has 0 fully saturated rings. The summed E-state index contributed by atoms with van der Waals surface area (Å²) in [5.74, 6) is 0.901. The van der Waals surface area contributed by atoms with Crippen molar-refractivity contribution < 1.29 is 0 Å². The van der Waals surface area contributed by atoms with Gasteiger partial charge in [0.25, 0.3) is 0 Å². The van der Waals surface area contributed by atoms with E-state index in [4.69, 9.17) is 0 Å². The average molecular weight is 222 g/mol. The first kappa shape index (κ1) is 10.2. The fourth-order valence-corrected chi connectivity index (χ4v) is 1.87. The van der Waals surface area contributed by atoms with E-state index in [1.165, 1.54) is 0 Å². The first-order valence-corrected chi connectivity index (χ1v) is 5.84. The summed E-state index contributed by atoms with van der Waals surface area (Å²) in [6.07, 6.45) is 3.77. The highest BCUT2D eigenvalue weighted by Crippen LogP contribution is 2.10. The highest BCUT2D eigenvalue weighted by Gasteiger charge is 2.05. The molecule has 2 aromatic heterocycles. The predicted octanol–water partition coefficient (Wildman–Crippen LogP) is 2.21. The van der Waals surface area contributed by atoms with Crippen molar-refractivity contribution >= 4 is 17.3 Å². The number of anilines is 1. The van der Waals surface area contributed by atoms with E-state index in [0.29, 0.717) is 6.04 Å². The summed E-state index contributed by atoms with van der Waals surface area (Å²) < 4.78 is 2.06. The normalized spacial score (nSPS) is 10.9. The highest BCUT2D eigenvalue weighted by atomic mass is 32.1. The van der Waals surface area contributed by atoms with E-state index in [2.05, 4.69) is 39.1 Å². The molecular weight excluding hydrogens is 208 g/mol. The van der Waals surface area contributed by atoms with Crippen molar-refractivity contribution in [3.8, 4) is 0 Å². The molecule has 2 heterocycles. The summed E-state index contributed by atoms with van der Waals surface area (Å²) in [5.41, 5.74) is 2.92. The van der Waals surface area contributed by atoms with E-state index in [-0.39, 0.29) is 0 Å². The largest absolute Gasteiger partial charge is 0.353 e. The summed E-state index contributed by atoms with van der Waals surface area (Å²) in [4.78, 5) is 8.52. The maximum absolute atomic E-state index is 4.26. The van der Waals surface area contributed by atoms with E-state index in [0.717, 1.165) is 18.2 Å². The number of imidazole rings is 1. The molecule has 1 N–H and O–H groups in total. The molecule has 0 aliphatic heterocycles. The van der Waals surface area contributed by atoms with Crippen LogP contribution < -0.4 is 5.32 Å². The van der Waals surface area contributed by atoms with Crippen LogP contribution in [0.3, 0.4) is 0 Å². The monoisotopic (exact) mass is 222 g/mol. The lowest BCUT2D eigenvalue weighted by Crippen LogP contribution is -2.15. The molecule has 0 aliphatic carbocycles. The van der Waals surface area contributed by atoms with Crippen molar-refractivity contribution in [1.82, 2.24) is 14.5 Å². The zero-order valence-corrected chi connectivity index (χ0v) is 9.66. The molecular formula is C10H14N4S. The molecule has 4 nitrogen and oxygen atoms in total. The molecule has 5 heteroatoms. The molecule has 0 spiro atoms. The molecule has 0 aliphatic rings. The van der Waals surface area contributed by atoms with Gasteiger partial charge in [0.15, 0.2) is 0 Å². The van der Waals surface area contributed by atoms with Crippen molar-refractivity contribution in [2.45, 2.75) is 26.4 Å². The Morgan fingerprint density at radius 1 is 1.47 bits per heavy atom. The fraction of sp³-hybridized carbons (Fsp3) is 0.400. The number of nitrogens with one attached hydrogen (secondary N) is 1. The van der Waals surface area contributed by atoms with Crippen LogP contribution in [0.2, 0.25) is 0 Å². The Labute approximate surface area is 93.0 Å². The summed E-state index contributed by atoms with van der Waals surface area (Å²) in [5, 5.41) is 5.35. The summed E-state index contributed by atoms with van der Waals surface area (Å²) in [7, 11) is 0. The first-order valence-electron chi connectivity index (χ1n) is 4.90. The van der Waals surface area contributed by atoms with Crippen LogP contribution in [0, 0.1) is 0 Å². The number of hydrogen-bond donors (Lipinski definition) is 1. The van der Waals surface area contributed by atoms with Crippen molar-refractivity contribution in [2.75, 3.05) is 5.32 Å². The lowest BCUT2D eigenvalue weighted by Gasteiger charge is -2.11. The van der Waals surface area contributed by atoms with E-state index >= 15 is 0 Å². The third-order valence-electron chi connectivity index (χ3n) is 1.95. The number of hydrogen-bond acceptors (Lipinski definition) is 4. The van der Waals surface area contributed by atoms with Gasteiger partial charge in [-0.1, -0.05) is 0 Å². The quantitative estimate of drug-likeness (QED) is 0.862. The zero-order chi connectivity index (χ0) is 10.7. The van der Waals surface area contributed by atoms with Crippen LogP contribution in [0.25, 0.3) is 0 Å². The Kier molecular flexibility index (Phi) is 3.01. The lowest BCUT2D eigenvalue weighted by molar-refractivity contribution is 0.761. The smallest absolute Gasteiger partial charge is 0.203 e. The van der Waals surface area contributed by atoms with Crippen LogP contribution >= 0.6 is 11.3 Å². The van der Waals surface area contributed by atoms with Gasteiger partial charge in [-0.25, -0.2) is 9.97 Å². The fourth-order valence-electron chi connectivity index (χ4n) is 1.33. The minimum Gasteiger partial charge on any atom is -0.353 e. The summed E-state index contributed by atoms with van der Waals surface area (Å²) in [6.45, 7) is 4.97. The van der Waals surface area contributed by atoms with Crippen molar-refractivity contribution in [3.63, 3.8) is 0 Å². The Hall–Kier alpha value is -1.36. The molecule has 0 radical (unpaired) electrons. The Morgan fingerprint density at radius 2 is 2.33 bits per heavy atom. The Balaban J connectivity index is 2.11. The number of rotatable bonds is 4. The SMILES string of the molecule is CC(C)Nc1nccn1Cc1cscn1. The Morgan fingerprint density at radius 3 is 3.00 bits per heavy atom. The number of thiazole rings is 1. The van der Waals surface area contributed by atoms with Gasteiger partial charge in [-0.2, -0.15) is 0 Å². The van der Waals surface area contributed by atoms with E-state index in [1.54, 1.807) is 17.5 Å². The molecule has 0 unspecified atom stereocenters. The maximum Gasteiger partial charge on any atom is 0.203 e. The third-order valence-corrected chi connectivity index (χ3v) is 2.58. The van der Waals surface area contributed by atoms with E-state index in [9.17, 15) is 0 Å². The molecule has 0 aromatic carbocycles. The van der Waals surface area contributed by atoms with Crippen LogP contribution in [0.5, 0.6) is 0 Å². The van der Waals surface area contributed by atoms with Gasteiger partial charge >= 0.3 is 0 Å². The molecule has 0 bridgehead atoms. The molecule has 2 aromatic rings. The van der Waals surface area contributed by atoms with Crippen LogP contribution in [0.15, 0.2) is 23.3 Å². The van der Waals surface area contributed by atoms with Gasteiger partial charge in [0.05, 0.1) is 17.7 Å². The second-order valence-electron chi connectivity index (χ2n) is 3.66. The van der Waals surface area contributed by atoms with Gasteiger partial charge in [0.2, 0.25) is 5.95 Å². The predicted molar refractivity (Wildman–Crippen MR) is 62.2 cm³/mol. The second kappa shape index (κ2) is 4.44.